The van der Waals surface area contributed by atoms with Crippen molar-refractivity contribution in [2.24, 2.45) is 5.92 Å². The van der Waals surface area contributed by atoms with Crippen LogP contribution in [0.5, 0.6) is 0 Å². The Morgan fingerprint density at radius 3 is 2.91 bits per heavy atom. The zero-order valence-electron chi connectivity index (χ0n) is 12.8. The molecule has 0 saturated carbocycles. The van der Waals surface area contributed by atoms with Gasteiger partial charge in [-0.15, -0.1) is 0 Å². The maximum absolute atomic E-state index is 12.4. The monoisotopic (exact) mass is 359 g/mol. The number of halogens is 2. The summed E-state index contributed by atoms with van der Waals surface area (Å²) in [7, 11) is 1.30. The van der Waals surface area contributed by atoms with E-state index in [1.54, 1.807) is 6.07 Å². The van der Waals surface area contributed by atoms with E-state index in [4.69, 9.17) is 27.9 Å². The van der Waals surface area contributed by atoms with Crippen LogP contribution < -0.4 is 10.6 Å². The largest absolute Gasteiger partial charge is 0.469 e. The molecule has 1 aliphatic heterocycles. The number of aromatic nitrogens is 1. The minimum atomic E-state index is -0.556. The van der Waals surface area contributed by atoms with Crippen LogP contribution in [0.1, 0.15) is 30.9 Å². The van der Waals surface area contributed by atoms with Gasteiger partial charge in [-0.2, -0.15) is 0 Å². The zero-order valence-corrected chi connectivity index (χ0v) is 14.3. The standard InChI is InChI=1S/C15H19Cl2N3O3/c1-23-13(21)6-12(10-5-11(16)14(17)19-8-10)20-15(22)9-3-2-4-18-7-9/h5,8-9,12,18H,2-4,6-7H2,1H3,(H,20,22)/t9-,12+/m1/s1. The molecule has 1 amide bonds. The van der Waals surface area contributed by atoms with Crippen molar-refractivity contribution < 1.29 is 14.3 Å². The van der Waals surface area contributed by atoms with Gasteiger partial charge < -0.3 is 15.4 Å². The van der Waals surface area contributed by atoms with E-state index in [0.29, 0.717) is 12.1 Å². The molecule has 0 aromatic carbocycles. The van der Waals surface area contributed by atoms with Crippen LogP contribution >= 0.6 is 23.2 Å². The van der Waals surface area contributed by atoms with Crippen LogP contribution in [0.25, 0.3) is 0 Å². The van der Waals surface area contributed by atoms with Crippen molar-refractivity contribution in [1.82, 2.24) is 15.6 Å². The molecule has 1 aliphatic rings. The molecule has 2 rings (SSSR count). The summed E-state index contributed by atoms with van der Waals surface area (Å²) in [6.45, 7) is 1.56. The number of piperidine rings is 1. The number of methoxy groups -OCH3 is 1. The van der Waals surface area contributed by atoms with E-state index in [9.17, 15) is 9.59 Å². The molecule has 6 nitrogen and oxygen atoms in total. The van der Waals surface area contributed by atoms with Crippen molar-refractivity contribution >= 4 is 35.1 Å². The van der Waals surface area contributed by atoms with E-state index in [0.717, 1.165) is 19.4 Å². The molecule has 0 bridgehead atoms. The molecule has 0 spiro atoms. The number of nitrogens with zero attached hydrogens (tertiary/aromatic N) is 1. The quantitative estimate of drug-likeness (QED) is 0.621. The number of pyridine rings is 1. The highest BCUT2D eigenvalue weighted by Gasteiger charge is 2.26. The van der Waals surface area contributed by atoms with Gasteiger partial charge in [0.25, 0.3) is 0 Å². The van der Waals surface area contributed by atoms with Gasteiger partial charge >= 0.3 is 5.97 Å². The lowest BCUT2D eigenvalue weighted by atomic mass is 9.97. The fourth-order valence-electron chi connectivity index (χ4n) is 2.49. The Kier molecular flexibility index (Phi) is 6.62. The first kappa shape index (κ1) is 18.0. The Morgan fingerprint density at radius 1 is 1.52 bits per heavy atom. The first-order chi connectivity index (χ1) is 11.0. The minimum absolute atomic E-state index is 0.00201. The second kappa shape index (κ2) is 8.47. The second-order valence-electron chi connectivity index (χ2n) is 5.43. The van der Waals surface area contributed by atoms with Crippen LogP contribution in [0.2, 0.25) is 10.2 Å². The number of rotatable bonds is 5. The number of carbonyl (C=O) groups excluding carboxylic acids is 2. The molecule has 1 aromatic rings. The number of amides is 1. The van der Waals surface area contributed by atoms with Crippen molar-refractivity contribution in [2.75, 3.05) is 20.2 Å². The summed E-state index contributed by atoms with van der Waals surface area (Å²) in [5, 5.41) is 6.53. The molecule has 2 atom stereocenters. The van der Waals surface area contributed by atoms with E-state index in [1.165, 1.54) is 13.3 Å². The third kappa shape index (κ3) is 5.06. The lowest BCUT2D eigenvalue weighted by molar-refractivity contribution is -0.141. The molecule has 23 heavy (non-hydrogen) atoms. The van der Waals surface area contributed by atoms with Gasteiger partial charge in [0.1, 0.15) is 5.15 Å². The Labute approximate surface area is 144 Å². The normalized spacial score (nSPS) is 19.0. The molecular weight excluding hydrogens is 341 g/mol. The van der Waals surface area contributed by atoms with Crippen LogP contribution in [-0.4, -0.2) is 37.1 Å². The van der Waals surface area contributed by atoms with Gasteiger partial charge in [0, 0.05) is 12.7 Å². The van der Waals surface area contributed by atoms with Crippen molar-refractivity contribution in [3.05, 3.63) is 28.0 Å². The maximum Gasteiger partial charge on any atom is 0.307 e. The molecule has 2 N–H and O–H groups in total. The number of hydrogen-bond donors (Lipinski definition) is 2. The number of hydrogen-bond acceptors (Lipinski definition) is 5. The number of ether oxygens (including phenoxy) is 1. The van der Waals surface area contributed by atoms with Crippen LogP contribution in [0.15, 0.2) is 12.3 Å². The average molecular weight is 360 g/mol. The second-order valence-corrected chi connectivity index (χ2v) is 6.19. The molecule has 0 radical (unpaired) electrons. The Balaban J connectivity index is 2.14. The summed E-state index contributed by atoms with van der Waals surface area (Å²) in [5.41, 5.74) is 0.613. The number of nitrogens with one attached hydrogen (secondary N) is 2. The predicted molar refractivity (Wildman–Crippen MR) is 87.4 cm³/mol. The lowest BCUT2D eigenvalue weighted by Gasteiger charge is -2.25. The van der Waals surface area contributed by atoms with Crippen molar-refractivity contribution in [3.63, 3.8) is 0 Å². The van der Waals surface area contributed by atoms with Gasteiger partial charge in [-0.1, -0.05) is 23.2 Å². The van der Waals surface area contributed by atoms with Crippen LogP contribution in [-0.2, 0) is 14.3 Å². The Hall–Kier alpha value is -1.37. The molecule has 0 aliphatic carbocycles. The van der Waals surface area contributed by atoms with Crippen LogP contribution in [0, 0.1) is 5.92 Å². The highest BCUT2D eigenvalue weighted by atomic mass is 35.5. The summed E-state index contributed by atoms with van der Waals surface area (Å²) < 4.78 is 4.70. The Morgan fingerprint density at radius 2 is 2.30 bits per heavy atom. The third-order valence-electron chi connectivity index (χ3n) is 3.80. The van der Waals surface area contributed by atoms with Gasteiger partial charge in [0.2, 0.25) is 5.91 Å². The molecule has 126 valence electrons. The average Bonchev–Trinajstić information content (AvgIpc) is 2.57. The smallest absolute Gasteiger partial charge is 0.307 e. The highest BCUT2D eigenvalue weighted by Crippen LogP contribution is 2.25. The first-order valence-corrected chi connectivity index (χ1v) is 8.15. The van der Waals surface area contributed by atoms with E-state index in [-0.39, 0.29) is 28.4 Å². The minimum Gasteiger partial charge on any atom is -0.469 e. The summed E-state index contributed by atoms with van der Waals surface area (Å²) in [6, 6.07) is 1.04. The molecular formula is C15H19Cl2N3O3. The SMILES string of the molecule is COC(=O)C[C@H](NC(=O)[C@@H]1CCCNC1)c1cnc(Cl)c(Cl)c1. The van der Waals surface area contributed by atoms with E-state index >= 15 is 0 Å². The zero-order chi connectivity index (χ0) is 16.8. The van der Waals surface area contributed by atoms with Crippen LogP contribution in [0.3, 0.4) is 0 Å². The molecule has 0 unspecified atom stereocenters. The lowest BCUT2D eigenvalue weighted by Crippen LogP contribution is -2.42. The maximum atomic E-state index is 12.4. The summed E-state index contributed by atoms with van der Waals surface area (Å²) in [5.74, 6) is -0.639. The number of esters is 1. The van der Waals surface area contributed by atoms with Gasteiger partial charge in [0.15, 0.2) is 0 Å². The topological polar surface area (TPSA) is 80.3 Å². The third-order valence-corrected chi connectivity index (χ3v) is 4.49. The fourth-order valence-corrected chi connectivity index (χ4v) is 2.77. The van der Waals surface area contributed by atoms with Gasteiger partial charge in [0.05, 0.1) is 30.5 Å². The first-order valence-electron chi connectivity index (χ1n) is 7.40. The van der Waals surface area contributed by atoms with E-state index in [2.05, 4.69) is 15.6 Å². The van der Waals surface area contributed by atoms with Gasteiger partial charge in [-0.3, -0.25) is 9.59 Å². The molecule has 8 heteroatoms. The highest BCUT2D eigenvalue weighted by molar-refractivity contribution is 6.41. The number of carbonyl (C=O) groups is 2. The summed E-state index contributed by atoms with van der Waals surface area (Å²) in [6.07, 6.45) is 3.28. The van der Waals surface area contributed by atoms with Crippen molar-refractivity contribution in [3.8, 4) is 0 Å². The molecule has 1 saturated heterocycles. The fraction of sp³-hybridized carbons (Fsp3) is 0.533. The summed E-state index contributed by atoms with van der Waals surface area (Å²) >= 11 is 11.8. The van der Waals surface area contributed by atoms with Crippen molar-refractivity contribution in [2.45, 2.75) is 25.3 Å². The van der Waals surface area contributed by atoms with Crippen molar-refractivity contribution in [1.29, 1.82) is 0 Å². The van der Waals surface area contributed by atoms with E-state index < -0.39 is 12.0 Å². The predicted octanol–water partition coefficient (Wildman–Crippen LogP) is 2.11. The molecule has 1 aromatic heterocycles. The molecule has 1 fully saturated rings. The van der Waals surface area contributed by atoms with E-state index in [1.807, 2.05) is 0 Å². The summed E-state index contributed by atoms with van der Waals surface area (Å²) in [4.78, 5) is 28.0. The van der Waals surface area contributed by atoms with Crippen LogP contribution in [0.4, 0.5) is 0 Å². The Bertz CT molecular complexity index is 577. The van der Waals surface area contributed by atoms with Gasteiger partial charge in [-0.05, 0) is 31.0 Å². The molecule has 2 heterocycles. The van der Waals surface area contributed by atoms with Gasteiger partial charge in [-0.25, -0.2) is 4.98 Å².